The third kappa shape index (κ3) is 1.18. The van der Waals surface area contributed by atoms with E-state index in [9.17, 15) is 13.6 Å². The first-order valence-corrected chi connectivity index (χ1v) is 2.43. The summed E-state index contributed by atoms with van der Waals surface area (Å²) < 4.78 is 27.5. The summed E-state index contributed by atoms with van der Waals surface area (Å²) in [6.07, 6.45) is -1.53. The molecule has 0 fully saturated rings. The largest absolute Gasteiger partial charge is 0.443 e. The molecule has 0 atom stereocenters. The first-order valence-electron chi connectivity index (χ1n) is 2.43. The number of alkyl halides is 2. The molecule has 0 aliphatic rings. The lowest BCUT2D eigenvalue weighted by Gasteiger charge is -1.85. The number of hydrogen-bond acceptors (Lipinski definition) is 3. The number of hydrogen-bond donors (Lipinski definition) is 0. The van der Waals surface area contributed by atoms with E-state index in [1.807, 2.05) is 0 Å². The molecule has 0 N–H and O–H groups in total. The van der Waals surface area contributed by atoms with Gasteiger partial charge < -0.3 is 4.42 Å². The van der Waals surface area contributed by atoms with E-state index in [-0.39, 0.29) is 5.69 Å². The molecule has 0 unspecified atom stereocenters. The molecule has 1 heterocycles. The fourth-order valence-electron chi connectivity index (χ4n) is 0.455. The van der Waals surface area contributed by atoms with E-state index < -0.39 is 12.3 Å². The van der Waals surface area contributed by atoms with Crippen molar-refractivity contribution in [3.8, 4) is 0 Å². The third-order valence-electron chi connectivity index (χ3n) is 0.847. The van der Waals surface area contributed by atoms with Crippen molar-refractivity contribution in [3.05, 3.63) is 17.8 Å². The lowest BCUT2D eigenvalue weighted by Crippen LogP contribution is -1.84. The number of carbonyl (C=O) groups is 1. The molecular weight excluding hydrogens is 144 g/mol. The molecule has 0 aromatic carbocycles. The van der Waals surface area contributed by atoms with Crippen LogP contribution in [0.2, 0.25) is 0 Å². The van der Waals surface area contributed by atoms with Gasteiger partial charge in [0.1, 0.15) is 12.0 Å². The van der Waals surface area contributed by atoms with Gasteiger partial charge in [-0.3, -0.25) is 4.79 Å². The van der Waals surface area contributed by atoms with Crippen LogP contribution in [0.4, 0.5) is 8.78 Å². The Labute approximate surface area is 54.7 Å². The van der Waals surface area contributed by atoms with Gasteiger partial charge in [0.15, 0.2) is 6.29 Å². The molecule has 0 aliphatic carbocycles. The Balaban J connectivity index is 2.88. The molecule has 0 bridgehead atoms. The zero-order chi connectivity index (χ0) is 7.56. The third-order valence-corrected chi connectivity index (χ3v) is 0.847. The van der Waals surface area contributed by atoms with Gasteiger partial charge in [0.25, 0.3) is 5.89 Å². The Hall–Kier alpha value is -1.26. The minimum Gasteiger partial charge on any atom is -0.443 e. The molecule has 0 saturated heterocycles. The molecule has 0 spiro atoms. The summed E-state index contributed by atoms with van der Waals surface area (Å²) in [7, 11) is 0. The molecule has 10 heavy (non-hydrogen) atoms. The normalized spacial score (nSPS) is 10.3. The number of aldehydes is 1. The summed E-state index contributed by atoms with van der Waals surface area (Å²) in [6, 6.07) is 0. The number of halogens is 2. The minimum atomic E-state index is -2.76. The SMILES string of the molecule is O=Cc1coc(C(F)F)n1. The Bertz CT molecular complexity index is 233. The predicted molar refractivity (Wildman–Crippen MR) is 26.8 cm³/mol. The van der Waals surface area contributed by atoms with Crippen molar-refractivity contribution >= 4 is 6.29 Å². The first kappa shape index (κ1) is 6.85. The van der Waals surface area contributed by atoms with Crippen molar-refractivity contribution in [2.75, 3.05) is 0 Å². The van der Waals surface area contributed by atoms with Gasteiger partial charge in [-0.1, -0.05) is 0 Å². The second-order valence-electron chi connectivity index (χ2n) is 1.53. The van der Waals surface area contributed by atoms with Crippen LogP contribution < -0.4 is 0 Å². The van der Waals surface area contributed by atoms with Crippen molar-refractivity contribution in [3.63, 3.8) is 0 Å². The van der Waals surface area contributed by atoms with E-state index >= 15 is 0 Å². The molecule has 1 rings (SSSR count). The van der Waals surface area contributed by atoms with Crippen molar-refractivity contribution in [1.29, 1.82) is 0 Å². The number of oxazole rings is 1. The van der Waals surface area contributed by atoms with E-state index in [0.717, 1.165) is 6.26 Å². The molecule has 0 aliphatic heterocycles. The quantitative estimate of drug-likeness (QED) is 0.594. The van der Waals surface area contributed by atoms with Gasteiger partial charge in [-0.05, 0) is 0 Å². The Morgan fingerprint density at radius 3 is 2.70 bits per heavy atom. The van der Waals surface area contributed by atoms with Gasteiger partial charge in [-0.25, -0.2) is 4.98 Å². The maximum Gasteiger partial charge on any atom is 0.313 e. The zero-order valence-corrected chi connectivity index (χ0v) is 4.75. The Morgan fingerprint density at radius 2 is 2.40 bits per heavy atom. The second kappa shape index (κ2) is 2.55. The van der Waals surface area contributed by atoms with E-state index in [0.29, 0.717) is 6.29 Å². The van der Waals surface area contributed by atoms with Gasteiger partial charge in [0, 0.05) is 0 Å². The highest BCUT2D eigenvalue weighted by Crippen LogP contribution is 2.16. The van der Waals surface area contributed by atoms with Gasteiger partial charge in [0.2, 0.25) is 0 Å². The number of carbonyl (C=O) groups excluding carboxylic acids is 1. The standard InChI is InChI=1S/C5H3F2NO2/c6-4(7)5-8-3(1-9)2-10-5/h1-2,4H. The van der Waals surface area contributed by atoms with Crippen LogP contribution in [0.5, 0.6) is 0 Å². The van der Waals surface area contributed by atoms with Gasteiger partial charge in [0.05, 0.1) is 0 Å². The first-order chi connectivity index (χ1) is 4.74. The summed E-state index contributed by atoms with van der Waals surface area (Å²) >= 11 is 0. The molecule has 0 amide bonds. The summed E-state index contributed by atoms with van der Waals surface area (Å²) in [5.74, 6) is -0.720. The molecule has 3 nitrogen and oxygen atoms in total. The highest BCUT2D eigenvalue weighted by Gasteiger charge is 2.13. The van der Waals surface area contributed by atoms with E-state index in [2.05, 4.69) is 9.40 Å². The van der Waals surface area contributed by atoms with Crippen molar-refractivity contribution in [2.24, 2.45) is 0 Å². The van der Waals surface area contributed by atoms with Crippen LogP contribution in [-0.4, -0.2) is 11.3 Å². The predicted octanol–water partition coefficient (Wildman–Crippen LogP) is 1.42. The van der Waals surface area contributed by atoms with Crippen LogP contribution in [0.25, 0.3) is 0 Å². The van der Waals surface area contributed by atoms with Crippen LogP contribution in [0, 0.1) is 0 Å². The minimum absolute atomic E-state index is 0.115. The fourth-order valence-corrected chi connectivity index (χ4v) is 0.455. The molecule has 54 valence electrons. The summed E-state index contributed by atoms with van der Waals surface area (Å²) in [4.78, 5) is 13.0. The molecular formula is C5H3F2NO2. The fraction of sp³-hybridized carbons (Fsp3) is 0.200. The van der Waals surface area contributed by atoms with Crippen LogP contribution >= 0.6 is 0 Å². The lowest BCUT2D eigenvalue weighted by molar-refractivity contribution is 0.111. The molecule has 5 heteroatoms. The van der Waals surface area contributed by atoms with Crippen LogP contribution in [0.15, 0.2) is 10.7 Å². The summed E-state index contributed by atoms with van der Waals surface area (Å²) in [5, 5.41) is 0. The van der Waals surface area contributed by atoms with Gasteiger partial charge in [-0.2, -0.15) is 8.78 Å². The summed E-state index contributed by atoms with van der Waals surface area (Å²) in [6.45, 7) is 0. The van der Waals surface area contributed by atoms with E-state index in [1.54, 1.807) is 0 Å². The maximum absolute atomic E-state index is 11.6. The van der Waals surface area contributed by atoms with E-state index in [1.165, 1.54) is 0 Å². The topological polar surface area (TPSA) is 43.1 Å². The average Bonchev–Trinajstić information content (AvgIpc) is 2.34. The van der Waals surface area contributed by atoms with Crippen molar-refractivity contribution in [1.82, 2.24) is 4.98 Å². The van der Waals surface area contributed by atoms with Gasteiger partial charge in [-0.15, -0.1) is 0 Å². The molecule has 1 aromatic heterocycles. The van der Waals surface area contributed by atoms with Crippen LogP contribution in [0.1, 0.15) is 22.8 Å². The van der Waals surface area contributed by atoms with Crippen LogP contribution in [0.3, 0.4) is 0 Å². The van der Waals surface area contributed by atoms with E-state index in [4.69, 9.17) is 0 Å². The van der Waals surface area contributed by atoms with Crippen molar-refractivity contribution < 1.29 is 18.0 Å². The Kier molecular flexibility index (Phi) is 1.75. The Morgan fingerprint density at radius 1 is 1.70 bits per heavy atom. The van der Waals surface area contributed by atoms with Gasteiger partial charge >= 0.3 is 6.43 Å². The highest BCUT2D eigenvalue weighted by molar-refractivity contribution is 5.70. The highest BCUT2D eigenvalue weighted by atomic mass is 19.3. The number of aromatic nitrogens is 1. The molecule has 0 radical (unpaired) electrons. The van der Waals surface area contributed by atoms with Crippen LogP contribution in [-0.2, 0) is 0 Å². The molecule has 1 aromatic rings. The second-order valence-corrected chi connectivity index (χ2v) is 1.53. The smallest absolute Gasteiger partial charge is 0.313 e. The maximum atomic E-state index is 11.6. The van der Waals surface area contributed by atoms with Crippen molar-refractivity contribution in [2.45, 2.75) is 6.43 Å². The zero-order valence-electron chi connectivity index (χ0n) is 4.75. The monoisotopic (exact) mass is 147 g/mol. The lowest BCUT2D eigenvalue weighted by atomic mass is 10.5. The number of rotatable bonds is 2. The average molecular weight is 147 g/mol. The number of nitrogens with zero attached hydrogens (tertiary/aromatic N) is 1. The summed E-state index contributed by atoms with van der Waals surface area (Å²) in [5.41, 5.74) is -0.115. The molecule has 0 saturated carbocycles.